The number of carbonyl (C=O) groups is 1. The summed E-state index contributed by atoms with van der Waals surface area (Å²) in [7, 11) is -3.17. The minimum Gasteiger partial charge on any atom is -0.484 e. The number of aryl methyl sites for hydroxylation is 1. The molecule has 0 N–H and O–H groups in total. The fraction of sp³-hybridized carbons (Fsp3) is 0.533. The molecular formula is C15H22N2O4S. The number of hydrogen-bond acceptors (Lipinski definition) is 4. The molecule has 0 spiro atoms. The standard InChI is InChI=1S/C15H22N2O4S/c1-3-22(19,20)17-10-8-16(9-11-17)15(18)12-21-14-6-4-13(2)5-7-14/h4-7H,3,8-12H2,1-2H3. The van der Waals surface area contributed by atoms with E-state index in [-0.39, 0.29) is 18.3 Å². The third-order valence-electron chi connectivity index (χ3n) is 3.73. The molecule has 0 aromatic heterocycles. The van der Waals surface area contributed by atoms with E-state index in [4.69, 9.17) is 4.74 Å². The molecule has 1 aliphatic rings. The van der Waals surface area contributed by atoms with Gasteiger partial charge < -0.3 is 9.64 Å². The molecule has 0 saturated carbocycles. The Morgan fingerprint density at radius 3 is 2.27 bits per heavy atom. The van der Waals surface area contributed by atoms with Gasteiger partial charge in [-0.3, -0.25) is 4.79 Å². The predicted octanol–water partition coefficient (Wildman–Crippen LogP) is 0.868. The SMILES string of the molecule is CCS(=O)(=O)N1CCN(C(=O)COc2ccc(C)cc2)CC1. The number of amides is 1. The fourth-order valence-corrected chi connectivity index (χ4v) is 3.35. The molecule has 1 aromatic carbocycles. The van der Waals surface area contributed by atoms with Crippen molar-refractivity contribution in [3.8, 4) is 5.75 Å². The van der Waals surface area contributed by atoms with Crippen LogP contribution in [0.4, 0.5) is 0 Å². The van der Waals surface area contributed by atoms with Crippen LogP contribution < -0.4 is 4.74 Å². The van der Waals surface area contributed by atoms with Crippen molar-refractivity contribution in [2.45, 2.75) is 13.8 Å². The zero-order chi connectivity index (χ0) is 16.2. The number of hydrogen-bond donors (Lipinski definition) is 0. The molecule has 0 radical (unpaired) electrons. The van der Waals surface area contributed by atoms with Gasteiger partial charge in [0.25, 0.3) is 5.91 Å². The zero-order valence-electron chi connectivity index (χ0n) is 13.0. The van der Waals surface area contributed by atoms with Crippen molar-refractivity contribution >= 4 is 15.9 Å². The van der Waals surface area contributed by atoms with Crippen molar-refractivity contribution in [2.75, 3.05) is 38.5 Å². The first kappa shape index (κ1) is 16.8. The molecule has 0 unspecified atom stereocenters. The van der Waals surface area contributed by atoms with Gasteiger partial charge in [0.05, 0.1) is 5.75 Å². The second-order valence-electron chi connectivity index (χ2n) is 5.28. The number of ether oxygens (including phenoxy) is 1. The van der Waals surface area contributed by atoms with Crippen LogP contribution in [0.2, 0.25) is 0 Å². The number of piperazine rings is 1. The Hall–Kier alpha value is -1.60. The largest absolute Gasteiger partial charge is 0.484 e. The number of sulfonamides is 1. The third kappa shape index (κ3) is 4.20. The Balaban J connectivity index is 1.81. The van der Waals surface area contributed by atoms with Crippen molar-refractivity contribution in [1.82, 2.24) is 9.21 Å². The van der Waals surface area contributed by atoms with Crippen molar-refractivity contribution in [3.63, 3.8) is 0 Å². The molecular weight excluding hydrogens is 304 g/mol. The number of rotatable bonds is 5. The van der Waals surface area contributed by atoms with Gasteiger partial charge in [0.15, 0.2) is 6.61 Å². The number of carbonyl (C=O) groups excluding carboxylic acids is 1. The summed E-state index contributed by atoms with van der Waals surface area (Å²) in [6.45, 7) is 5.12. The van der Waals surface area contributed by atoms with Crippen molar-refractivity contribution in [3.05, 3.63) is 29.8 Å². The van der Waals surface area contributed by atoms with E-state index in [0.29, 0.717) is 31.9 Å². The van der Waals surface area contributed by atoms with Crippen molar-refractivity contribution in [2.24, 2.45) is 0 Å². The Bertz CT molecular complexity index is 605. The maximum absolute atomic E-state index is 12.1. The van der Waals surface area contributed by atoms with E-state index in [1.165, 1.54) is 4.31 Å². The van der Waals surface area contributed by atoms with E-state index in [1.807, 2.05) is 31.2 Å². The van der Waals surface area contributed by atoms with Gasteiger partial charge in [-0.2, -0.15) is 4.31 Å². The maximum atomic E-state index is 12.1. The lowest BCUT2D eigenvalue weighted by molar-refractivity contribution is -0.134. The molecule has 0 aliphatic carbocycles. The molecule has 6 nitrogen and oxygen atoms in total. The van der Waals surface area contributed by atoms with Gasteiger partial charge in [0.2, 0.25) is 10.0 Å². The quantitative estimate of drug-likeness (QED) is 0.805. The molecule has 7 heteroatoms. The van der Waals surface area contributed by atoms with Crippen LogP contribution in [0.3, 0.4) is 0 Å². The first-order chi connectivity index (χ1) is 10.4. The van der Waals surface area contributed by atoms with E-state index in [0.717, 1.165) is 5.56 Å². The topological polar surface area (TPSA) is 66.9 Å². The van der Waals surface area contributed by atoms with Gasteiger partial charge in [-0.05, 0) is 26.0 Å². The number of nitrogens with zero attached hydrogens (tertiary/aromatic N) is 2. The van der Waals surface area contributed by atoms with E-state index >= 15 is 0 Å². The van der Waals surface area contributed by atoms with Gasteiger partial charge in [0, 0.05) is 26.2 Å². The van der Waals surface area contributed by atoms with Gasteiger partial charge in [-0.15, -0.1) is 0 Å². The highest BCUT2D eigenvalue weighted by molar-refractivity contribution is 7.89. The van der Waals surface area contributed by atoms with Crippen LogP contribution in [0.15, 0.2) is 24.3 Å². The molecule has 2 rings (SSSR count). The monoisotopic (exact) mass is 326 g/mol. The number of benzene rings is 1. The second kappa shape index (κ2) is 7.11. The highest BCUT2D eigenvalue weighted by Gasteiger charge is 2.27. The molecule has 22 heavy (non-hydrogen) atoms. The summed E-state index contributed by atoms with van der Waals surface area (Å²) in [6, 6.07) is 7.51. The van der Waals surface area contributed by atoms with E-state index in [1.54, 1.807) is 11.8 Å². The molecule has 0 atom stereocenters. The smallest absolute Gasteiger partial charge is 0.260 e. The Morgan fingerprint density at radius 1 is 1.14 bits per heavy atom. The third-order valence-corrected chi connectivity index (χ3v) is 5.61. The lowest BCUT2D eigenvalue weighted by Crippen LogP contribution is -2.51. The summed E-state index contributed by atoms with van der Waals surface area (Å²) in [6.07, 6.45) is 0. The average Bonchev–Trinajstić information content (AvgIpc) is 2.54. The van der Waals surface area contributed by atoms with E-state index in [2.05, 4.69) is 0 Å². The summed E-state index contributed by atoms with van der Waals surface area (Å²) in [5.74, 6) is 0.637. The summed E-state index contributed by atoms with van der Waals surface area (Å²) in [5.41, 5.74) is 1.13. The first-order valence-electron chi connectivity index (χ1n) is 7.37. The minimum absolute atomic E-state index is 0.0242. The normalized spacial score (nSPS) is 16.5. The lowest BCUT2D eigenvalue weighted by atomic mass is 10.2. The van der Waals surface area contributed by atoms with Crippen LogP contribution in [0, 0.1) is 6.92 Å². The Morgan fingerprint density at radius 2 is 1.73 bits per heavy atom. The van der Waals surface area contributed by atoms with Crippen LogP contribution >= 0.6 is 0 Å². The molecule has 1 amide bonds. The second-order valence-corrected chi connectivity index (χ2v) is 7.54. The Labute approximate surface area is 131 Å². The van der Waals surface area contributed by atoms with Gasteiger partial charge in [-0.1, -0.05) is 17.7 Å². The van der Waals surface area contributed by atoms with Crippen molar-refractivity contribution in [1.29, 1.82) is 0 Å². The summed E-state index contributed by atoms with van der Waals surface area (Å²) >= 11 is 0. The van der Waals surface area contributed by atoms with E-state index < -0.39 is 10.0 Å². The fourth-order valence-electron chi connectivity index (χ4n) is 2.27. The Kier molecular flexibility index (Phi) is 5.42. The molecule has 1 fully saturated rings. The summed E-state index contributed by atoms with van der Waals surface area (Å²) in [5, 5.41) is 0. The van der Waals surface area contributed by atoms with E-state index in [9.17, 15) is 13.2 Å². The average molecular weight is 326 g/mol. The molecule has 0 bridgehead atoms. The van der Waals surface area contributed by atoms with Gasteiger partial charge in [-0.25, -0.2) is 8.42 Å². The van der Waals surface area contributed by atoms with Crippen LogP contribution in [0.1, 0.15) is 12.5 Å². The lowest BCUT2D eigenvalue weighted by Gasteiger charge is -2.33. The molecule has 1 saturated heterocycles. The maximum Gasteiger partial charge on any atom is 0.260 e. The highest BCUT2D eigenvalue weighted by atomic mass is 32.2. The minimum atomic E-state index is -3.17. The van der Waals surface area contributed by atoms with Crippen LogP contribution in [0.25, 0.3) is 0 Å². The zero-order valence-corrected chi connectivity index (χ0v) is 13.8. The van der Waals surface area contributed by atoms with Crippen molar-refractivity contribution < 1.29 is 17.9 Å². The molecule has 1 aromatic rings. The summed E-state index contributed by atoms with van der Waals surface area (Å²) < 4.78 is 30.4. The van der Waals surface area contributed by atoms with Gasteiger partial charge >= 0.3 is 0 Å². The first-order valence-corrected chi connectivity index (χ1v) is 8.98. The predicted molar refractivity (Wildman–Crippen MR) is 84.3 cm³/mol. The molecule has 122 valence electrons. The van der Waals surface area contributed by atoms with Crippen LogP contribution in [-0.4, -0.2) is 62.1 Å². The van der Waals surface area contributed by atoms with Crippen LogP contribution in [-0.2, 0) is 14.8 Å². The molecule has 1 aliphatic heterocycles. The highest BCUT2D eigenvalue weighted by Crippen LogP contribution is 2.12. The summed E-state index contributed by atoms with van der Waals surface area (Å²) in [4.78, 5) is 13.7. The van der Waals surface area contributed by atoms with Gasteiger partial charge in [0.1, 0.15) is 5.75 Å². The van der Waals surface area contributed by atoms with Crippen LogP contribution in [0.5, 0.6) is 5.75 Å². The molecule has 1 heterocycles.